The van der Waals surface area contributed by atoms with Gasteiger partial charge in [0.2, 0.25) is 0 Å². The summed E-state index contributed by atoms with van der Waals surface area (Å²) >= 11 is 0. The van der Waals surface area contributed by atoms with E-state index in [1.165, 1.54) is 4.90 Å². The Morgan fingerprint density at radius 2 is 0.833 bits per heavy atom. The van der Waals surface area contributed by atoms with Crippen LogP contribution in [0, 0.1) is 0 Å². The van der Waals surface area contributed by atoms with E-state index in [1.807, 2.05) is 158 Å². The Labute approximate surface area is 361 Å². The lowest BCUT2D eigenvalue weighted by molar-refractivity contribution is 0.673. The third kappa shape index (κ3) is 6.51. The van der Waals surface area contributed by atoms with Crippen LogP contribution in [0.2, 0.25) is 0 Å². The Morgan fingerprint density at radius 3 is 1.45 bits per heavy atom. The molecule has 0 spiro atoms. The molecule has 11 rings (SSSR count). The molecule has 11 aromatic rings. The van der Waals surface area contributed by atoms with Crippen LogP contribution in [0.15, 0.2) is 241 Å². The number of rotatable bonds is 8. The first-order chi connectivity index (χ1) is 33.1. The van der Waals surface area contributed by atoms with Crippen LogP contribution in [0.1, 0.15) is 11.0 Å². The number of hydrogen-bond donors (Lipinski definition) is 0. The fraction of sp³-hybridized carbons (Fsp3) is 0. The SMILES string of the molecule is [2H]c1c([2H])c(N(c2cccc(-c3cccc4oc5c6ccccc6ccc5c34)c2)c2c([2H])c([2H])c(-c3cccc(-c4ccccc4)c3)c([2H])c2[2H])c([2H])c([2H])c1-c1cccc(-c2ccccc2)c1. The van der Waals surface area contributed by atoms with Crippen molar-refractivity contribution in [3.63, 3.8) is 0 Å². The molecule has 0 aliphatic heterocycles. The van der Waals surface area contributed by atoms with Gasteiger partial charge in [-0.3, -0.25) is 0 Å². The van der Waals surface area contributed by atoms with Crippen LogP contribution in [0.3, 0.4) is 0 Å². The molecule has 282 valence electrons. The smallest absolute Gasteiger partial charge is 0.143 e. The van der Waals surface area contributed by atoms with Gasteiger partial charge in [0, 0.05) is 33.2 Å². The van der Waals surface area contributed by atoms with Crippen LogP contribution in [-0.4, -0.2) is 0 Å². The zero-order valence-electron chi connectivity index (χ0n) is 40.3. The van der Waals surface area contributed by atoms with Crippen molar-refractivity contribution >= 4 is 49.8 Å². The van der Waals surface area contributed by atoms with E-state index >= 15 is 0 Å². The minimum atomic E-state index is -0.414. The summed E-state index contributed by atoms with van der Waals surface area (Å²) in [5.41, 5.74) is 7.51. The lowest BCUT2D eigenvalue weighted by Crippen LogP contribution is -2.10. The van der Waals surface area contributed by atoms with Gasteiger partial charge in [0.05, 0.1) is 11.0 Å². The fourth-order valence-corrected chi connectivity index (χ4v) is 8.07. The van der Waals surface area contributed by atoms with Gasteiger partial charge in [-0.1, -0.05) is 176 Å². The van der Waals surface area contributed by atoms with Crippen molar-refractivity contribution in [1.82, 2.24) is 0 Å². The predicted molar refractivity (Wildman–Crippen MR) is 253 cm³/mol. The van der Waals surface area contributed by atoms with E-state index in [4.69, 9.17) is 4.42 Å². The van der Waals surface area contributed by atoms with Crippen LogP contribution >= 0.6 is 0 Å². The Balaban J connectivity index is 1.14. The van der Waals surface area contributed by atoms with Gasteiger partial charge >= 0.3 is 0 Å². The van der Waals surface area contributed by atoms with Crippen molar-refractivity contribution in [2.75, 3.05) is 4.90 Å². The maximum Gasteiger partial charge on any atom is 0.143 e. The Bertz CT molecular complexity index is 3590. The number of nitrogens with zero attached hydrogens (tertiary/aromatic N) is 1. The van der Waals surface area contributed by atoms with Gasteiger partial charge in [-0.25, -0.2) is 0 Å². The Morgan fingerprint density at radius 1 is 0.333 bits per heavy atom. The van der Waals surface area contributed by atoms with Gasteiger partial charge in [0.15, 0.2) is 0 Å². The normalized spacial score (nSPS) is 13.2. The van der Waals surface area contributed by atoms with Gasteiger partial charge in [-0.15, -0.1) is 0 Å². The molecule has 0 unspecified atom stereocenters. The molecule has 0 saturated carbocycles. The van der Waals surface area contributed by atoms with Crippen molar-refractivity contribution in [2.24, 2.45) is 0 Å². The van der Waals surface area contributed by atoms with E-state index in [9.17, 15) is 11.0 Å². The van der Waals surface area contributed by atoms with Gasteiger partial charge in [0.25, 0.3) is 0 Å². The van der Waals surface area contributed by atoms with E-state index in [0.29, 0.717) is 28.0 Å². The standard InChI is InChI=1S/C58H39NO/c1-3-13-40(14-4-1)45-18-9-20-47(37-45)42-27-32-50(33-28-42)59(51-34-29-43(30-35-51)48-21-10-19-46(38-48)41-15-5-2-6-16-41)52-23-11-22-49(39-52)53-25-12-26-56-57(53)55-36-31-44-17-7-8-24-54(44)58(55)60-56/h1-39H/i27D,28D,29D,30D,32D,33D,34D,35D. The predicted octanol–water partition coefficient (Wildman–Crippen LogP) is 16.5. The number of benzene rings is 10. The van der Waals surface area contributed by atoms with Crippen LogP contribution in [-0.2, 0) is 0 Å². The minimum absolute atomic E-state index is 0.0921. The molecule has 0 aliphatic rings. The quantitative estimate of drug-likeness (QED) is 0.153. The highest BCUT2D eigenvalue weighted by Gasteiger charge is 2.18. The highest BCUT2D eigenvalue weighted by molar-refractivity contribution is 6.19. The lowest BCUT2D eigenvalue weighted by Gasteiger charge is -2.26. The molecule has 0 radical (unpaired) electrons. The first-order valence-corrected chi connectivity index (χ1v) is 19.8. The van der Waals surface area contributed by atoms with Crippen molar-refractivity contribution in [3.05, 3.63) is 236 Å². The van der Waals surface area contributed by atoms with Crippen molar-refractivity contribution < 1.29 is 15.4 Å². The second-order valence-electron chi connectivity index (χ2n) is 14.7. The summed E-state index contributed by atoms with van der Waals surface area (Å²) in [6.45, 7) is 0. The molecule has 2 heteroatoms. The summed E-state index contributed by atoms with van der Waals surface area (Å²) in [5.74, 6) is 0. The third-order valence-corrected chi connectivity index (χ3v) is 11.0. The summed E-state index contributed by atoms with van der Waals surface area (Å²) in [6, 6.07) is 56.4. The van der Waals surface area contributed by atoms with Crippen LogP contribution < -0.4 is 4.90 Å². The van der Waals surface area contributed by atoms with E-state index in [0.717, 1.165) is 54.9 Å². The van der Waals surface area contributed by atoms with Gasteiger partial charge in [0.1, 0.15) is 11.2 Å². The number of fused-ring (bicyclic) bond motifs is 5. The van der Waals surface area contributed by atoms with Gasteiger partial charge < -0.3 is 9.32 Å². The molecule has 0 amide bonds. The maximum atomic E-state index is 9.70. The minimum Gasteiger partial charge on any atom is -0.455 e. The highest BCUT2D eigenvalue weighted by Crippen LogP contribution is 2.43. The molecular formula is C58H39NO. The number of anilines is 3. The third-order valence-electron chi connectivity index (χ3n) is 11.0. The summed E-state index contributed by atoms with van der Waals surface area (Å²) < 4.78 is 83.4. The zero-order valence-corrected chi connectivity index (χ0v) is 32.3. The summed E-state index contributed by atoms with van der Waals surface area (Å²) in [6.07, 6.45) is 0. The van der Waals surface area contributed by atoms with Crippen molar-refractivity contribution in [1.29, 1.82) is 0 Å². The average molecular weight is 774 g/mol. The first-order valence-electron chi connectivity index (χ1n) is 23.8. The number of hydrogen-bond acceptors (Lipinski definition) is 2. The first kappa shape index (κ1) is 27.7. The molecular weight excluding hydrogens is 727 g/mol. The second-order valence-corrected chi connectivity index (χ2v) is 14.7. The summed E-state index contributed by atoms with van der Waals surface area (Å²) in [7, 11) is 0. The molecule has 0 atom stereocenters. The van der Waals surface area contributed by atoms with Gasteiger partial charge in [-0.2, -0.15) is 0 Å². The highest BCUT2D eigenvalue weighted by atomic mass is 16.3. The van der Waals surface area contributed by atoms with Crippen LogP contribution in [0.25, 0.3) is 88.3 Å². The Kier molecular flexibility index (Phi) is 6.96. The molecule has 0 N–H and O–H groups in total. The monoisotopic (exact) mass is 773 g/mol. The fourth-order valence-electron chi connectivity index (χ4n) is 8.07. The van der Waals surface area contributed by atoms with Crippen molar-refractivity contribution in [3.8, 4) is 55.6 Å². The van der Waals surface area contributed by atoms with E-state index in [-0.39, 0.29) is 46.7 Å². The van der Waals surface area contributed by atoms with Crippen LogP contribution in [0.5, 0.6) is 0 Å². The topological polar surface area (TPSA) is 16.4 Å². The second kappa shape index (κ2) is 15.1. The molecule has 1 heterocycles. The van der Waals surface area contributed by atoms with E-state index in [1.54, 1.807) is 24.3 Å². The van der Waals surface area contributed by atoms with Crippen molar-refractivity contribution in [2.45, 2.75) is 0 Å². The van der Waals surface area contributed by atoms with Gasteiger partial charge in [-0.05, 0) is 122 Å². The zero-order chi connectivity index (χ0) is 46.8. The average Bonchev–Trinajstić information content (AvgIpc) is 3.78. The molecule has 0 aliphatic carbocycles. The molecule has 2 nitrogen and oxygen atoms in total. The van der Waals surface area contributed by atoms with E-state index in [2.05, 4.69) is 6.07 Å². The lowest BCUT2D eigenvalue weighted by atomic mass is 9.97. The maximum absolute atomic E-state index is 9.70. The summed E-state index contributed by atoms with van der Waals surface area (Å²) in [5, 5.41) is 3.80. The molecule has 1 aromatic heterocycles. The summed E-state index contributed by atoms with van der Waals surface area (Å²) in [4.78, 5) is 1.36. The van der Waals surface area contributed by atoms with E-state index < -0.39 is 24.2 Å². The Hall–Kier alpha value is -7.94. The molecule has 0 fully saturated rings. The molecule has 10 aromatic carbocycles. The molecule has 0 bridgehead atoms. The number of furan rings is 1. The largest absolute Gasteiger partial charge is 0.455 e. The molecule has 0 saturated heterocycles. The van der Waals surface area contributed by atoms with Crippen LogP contribution in [0.4, 0.5) is 17.1 Å². The molecule has 60 heavy (non-hydrogen) atoms.